The molecule has 0 aromatic carbocycles. The lowest BCUT2D eigenvalue weighted by Gasteiger charge is -2.16. The highest BCUT2D eigenvalue weighted by molar-refractivity contribution is 5.87. The van der Waals surface area contributed by atoms with Crippen molar-refractivity contribution in [1.29, 1.82) is 0 Å². The number of rotatable bonds is 5. The molecule has 0 radical (unpaired) electrons. The van der Waals surface area contributed by atoms with E-state index in [9.17, 15) is 22.4 Å². The Morgan fingerprint density at radius 2 is 2.17 bits per heavy atom. The van der Waals surface area contributed by atoms with Gasteiger partial charge >= 0.3 is 18.3 Å². The van der Waals surface area contributed by atoms with Gasteiger partial charge in [0.2, 0.25) is 5.88 Å². The minimum absolute atomic E-state index is 0.152. The fraction of sp³-hybridized carbons (Fsp3) is 0.400. The summed E-state index contributed by atoms with van der Waals surface area (Å²) < 4.78 is 53.3. The van der Waals surface area contributed by atoms with Gasteiger partial charge in [-0.2, -0.15) is 8.78 Å². The molecule has 1 N–H and O–H groups in total. The van der Waals surface area contributed by atoms with Crippen LogP contribution in [0.25, 0.3) is 0 Å². The minimum Gasteiger partial charge on any atom is -0.478 e. The molecular weight excluding hydrogens is 258 g/mol. The summed E-state index contributed by atoms with van der Waals surface area (Å²) in [5, 5.41) is 8.63. The summed E-state index contributed by atoms with van der Waals surface area (Å²) in [5.74, 6) is -5.82. The normalized spacial score (nSPS) is 11.7. The van der Waals surface area contributed by atoms with E-state index >= 15 is 0 Å². The predicted octanol–water partition coefficient (Wildman–Crippen LogP) is 2.37. The summed E-state index contributed by atoms with van der Waals surface area (Å²) in [4.78, 5) is 14.1. The van der Waals surface area contributed by atoms with Gasteiger partial charge in [0.25, 0.3) is 0 Å². The molecule has 18 heavy (non-hydrogen) atoms. The summed E-state index contributed by atoms with van der Waals surface area (Å²) in [6.07, 6.45) is -2.94. The first-order chi connectivity index (χ1) is 8.24. The smallest absolute Gasteiger partial charge is 0.340 e. The molecule has 0 bridgehead atoms. The Hall–Kier alpha value is -1.86. The molecule has 0 fully saturated rings. The van der Waals surface area contributed by atoms with E-state index in [1.165, 1.54) is 6.92 Å². The van der Waals surface area contributed by atoms with Crippen LogP contribution < -0.4 is 4.74 Å². The molecule has 0 unspecified atom stereocenters. The predicted molar refractivity (Wildman–Crippen MR) is 52.4 cm³/mol. The Balaban J connectivity index is 2.78. The summed E-state index contributed by atoms with van der Waals surface area (Å²) in [6, 6.07) is 1.14. The molecule has 4 nitrogen and oxygen atoms in total. The van der Waals surface area contributed by atoms with Gasteiger partial charge in [0, 0.05) is 11.8 Å². The van der Waals surface area contributed by atoms with Crippen LogP contribution in [0.4, 0.5) is 17.6 Å². The molecule has 0 saturated heterocycles. The molecule has 0 amide bonds. The fourth-order valence-corrected chi connectivity index (χ4v) is 1.06. The lowest BCUT2D eigenvalue weighted by Crippen LogP contribution is -2.34. The van der Waals surface area contributed by atoms with Crippen molar-refractivity contribution >= 4 is 5.97 Å². The average Bonchev–Trinajstić information content (AvgIpc) is 2.26. The van der Waals surface area contributed by atoms with Gasteiger partial charge in [-0.25, -0.2) is 18.6 Å². The number of carboxylic acids is 1. The molecule has 8 heteroatoms. The van der Waals surface area contributed by atoms with Crippen molar-refractivity contribution in [2.45, 2.75) is 19.3 Å². The van der Waals surface area contributed by atoms with Gasteiger partial charge in [-0.1, -0.05) is 0 Å². The largest absolute Gasteiger partial charge is 0.478 e. The highest BCUT2D eigenvalue weighted by Gasteiger charge is 2.41. The number of pyridine rings is 1. The Labute approximate surface area is 99.2 Å². The number of nitrogens with zero attached hydrogens (tertiary/aromatic N) is 1. The van der Waals surface area contributed by atoms with E-state index in [-0.39, 0.29) is 17.0 Å². The second kappa shape index (κ2) is 5.19. The number of carbonyl (C=O) groups is 1. The number of alkyl halides is 4. The lowest BCUT2D eigenvalue weighted by molar-refractivity contribution is -0.148. The Bertz CT molecular complexity index is 451. The first kappa shape index (κ1) is 14.2. The van der Waals surface area contributed by atoms with Crippen molar-refractivity contribution in [2.24, 2.45) is 0 Å². The number of aromatic carboxylic acids is 1. The van der Waals surface area contributed by atoms with Gasteiger partial charge in [-0.3, -0.25) is 0 Å². The van der Waals surface area contributed by atoms with E-state index in [2.05, 4.69) is 9.72 Å². The van der Waals surface area contributed by atoms with Gasteiger partial charge < -0.3 is 9.84 Å². The number of carboxylic acid groups (broad SMARTS) is 1. The molecule has 0 aliphatic heterocycles. The van der Waals surface area contributed by atoms with Gasteiger partial charge in [-0.05, 0) is 13.0 Å². The summed E-state index contributed by atoms with van der Waals surface area (Å²) in [6.45, 7) is -0.153. The van der Waals surface area contributed by atoms with Crippen LogP contribution in [0, 0.1) is 6.92 Å². The van der Waals surface area contributed by atoms with E-state index < -0.39 is 24.9 Å². The van der Waals surface area contributed by atoms with Crippen LogP contribution >= 0.6 is 0 Å². The van der Waals surface area contributed by atoms with Crippen molar-refractivity contribution in [3.05, 3.63) is 23.4 Å². The van der Waals surface area contributed by atoms with Gasteiger partial charge in [0.05, 0.1) is 5.56 Å². The first-order valence-corrected chi connectivity index (χ1v) is 4.72. The maximum absolute atomic E-state index is 12.6. The first-order valence-electron chi connectivity index (χ1n) is 4.72. The summed E-state index contributed by atoms with van der Waals surface area (Å²) in [5.41, 5.74) is 0.0143. The second-order valence-electron chi connectivity index (χ2n) is 3.50. The number of aryl methyl sites for hydroxylation is 1. The van der Waals surface area contributed by atoms with Crippen molar-refractivity contribution in [2.75, 3.05) is 6.61 Å². The van der Waals surface area contributed by atoms with Crippen LogP contribution in [-0.4, -0.2) is 35.0 Å². The topological polar surface area (TPSA) is 59.4 Å². The third-order valence-corrected chi connectivity index (χ3v) is 2.00. The van der Waals surface area contributed by atoms with Crippen LogP contribution in [0.15, 0.2) is 12.3 Å². The van der Waals surface area contributed by atoms with E-state index in [4.69, 9.17) is 5.11 Å². The highest BCUT2D eigenvalue weighted by Crippen LogP contribution is 2.24. The van der Waals surface area contributed by atoms with Gasteiger partial charge in [-0.15, -0.1) is 0 Å². The zero-order valence-corrected chi connectivity index (χ0v) is 9.16. The number of hydrogen-bond acceptors (Lipinski definition) is 3. The molecule has 1 rings (SSSR count). The van der Waals surface area contributed by atoms with Crippen LogP contribution in [0.5, 0.6) is 5.88 Å². The van der Waals surface area contributed by atoms with Gasteiger partial charge in [0.1, 0.15) is 0 Å². The third kappa shape index (κ3) is 3.31. The molecule has 0 aliphatic carbocycles. The quantitative estimate of drug-likeness (QED) is 0.832. The summed E-state index contributed by atoms with van der Waals surface area (Å²) >= 11 is 0. The monoisotopic (exact) mass is 267 g/mol. The van der Waals surface area contributed by atoms with E-state index in [1.54, 1.807) is 0 Å². The van der Waals surface area contributed by atoms with Crippen molar-refractivity contribution in [3.8, 4) is 5.88 Å². The average molecular weight is 267 g/mol. The standard InChI is InChI=1S/C10H9F4NO3/c1-5-2-6(8(16)17)3-15-7(5)18-4-10(13,14)9(11)12/h2-3,9H,4H2,1H3,(H,16,17). The number of ether oxygens (including phenoxy) is 1. The van der Waals surface area contributed by atoms with Crippen molar-refractivity contribution < 1.29 is 32.2 Å². The number of aromatic nitrogens is 1. The molecule has 0 spiro atoms. The molecule has 0 atom stereocenters. The van der Waals surface area contributed by atoms with E-state index in [1.807, 2.05) is 0 Å². The fourth-order valence-electron chi connectivity index (χ4n) is 1.06. The second-order valence-corrected chi connectivity index (χ2v) is 3.50. The molecule has 1 heterocycles. The molecule has 1 aromatic rings. The lowest BCUT2D eigenvalue weighted by atomic mass is 10.2. The maximum atomic E-state index is 12.6. The van der Waals surface area contributed by atoms with Crippen LogP contribution in [0.2, 0.25) is 0 Å². The minimum atomic E-state index is -4.28. The Kier molecular flexibility index (Phi) is 4.10. The molecule has 1 aromatic heterocycles. The molecule has 0 aliphatic rings. The Morgan fingerprint density at radius 3 is 2.61 bits per heavy atom. The molecule has 0 saturated carbocycles. The maximum Gasteiger partial charge on any atom is 0.340 e. The summed E-state index contributed by atoms with van der Waals surface area (Å²) in [7, 11) is 0. The SMILES string of the molecule is Cc1cc(C(=O)O)cnc1OCC(F)(F)C(F)F. The van der Waals surface area contributed by atoms with Crippen molar-refractivity contribution in [3.63, 3.8) is 0 Å². The molecule has 100 valence electrons. The third-order valence-electron chi connectivity index (χ3n) is 2.00. The van der Waals surface area contributed by atoms with Crippen LogP contribution in [-0.2, 0) is 0 Å². The molecular formula is C10H9F4NO3. The zero-order chi connectivity index (χ0) is 13.9. The Morgan fingerprint density at radius 1 is 1.56 bits per heavy atom. The number of halogens is 4. The highest BCUT2D eigenvalue weighted by atomic mass is 19.3. The van der Waals surface area contributed by atoms with Crippen LogP contribution in [0.3, 0.4) is 0 Å². The number of hydrogen-bond donors (Lipinski definition) is 1. The van der Waals surface area contributed by atoms with Crippen LogP contribution in [0.1, 0.15) is 15.9 Å². The zero-order valence-electron chi connectivity index (χ0n) is 9.16. The van der Waals surface area contributed by atoms with E-state index in [0.717, 1.165) is 12.3 Å². The van der Waals surface area contributed by atoms with Crippen molar-refractivity contribution in [1.82, 2.24) is 4.98 Å². The van der Waals surface area contributed by atoms with Gasteiger partial charge in [0.15, 0.2) is 6.61 Å². The van der Waals surface area contributed by atoms with E-state index in [0.29, 0.717) is 0 Å².